The molecule has 1 aliphatic rings. The zero-order valence-corrected chi connectivity index (χ0v) is 14.0. The molecule has 0 aliphatic heterocycles. The van der Waals surface area contributed by atoms with Crippen LogP contribution in [0.1, 0.15) is 32.8 Å². The topological polar surface area (TPSA) is 52.9 Å². The van der Waals surface area contributed by atoms with Gasteiger partial charge in [-0.05, 0) is 52.9 Å². The number of nitrogens with zero attached hydrogens (tertiary/aromatic N) is 1. The molecular formula is C15H10BrClN2OS. The molecule has 0 atom stereocenters. The third-order valence-electron chi connectivity index (χ3n) is 3.46. The van der Waals surface area contributed by atoms with Crippen LogP contribution in [0.3, 0.4) is 0 Å². The molecule has 1 aromatic heterocycles. The number of thiophene rings is 1. The number of rotatable bonds is 2. The van der Waals surface area contributed by atoms with Crippen LogP contribution in [0.4, 0.5) is 5.00 Å². The number of amides is 1. The molecule has 0 saturated heterocycles. The Morgan fingerprint density at radius 3 is 3.00 bits per heavy atom. The van der Waals surface area contributed by atoms with Crippen molar-refractivity contribution >= 4 is 49.8 Å². The van der Waals surface area contributed by atoms with Crippen molar-refractivity contribution in [2.75, 3.05) is 5.32 Å². The highest BCUT2D eigenvalue weighted by molar-refractivity contribution is 9.10. The first kappa shape index (κ1) is 14.6. The first-order valence-corrected chi connectivity index (χ1v) is 8.40. The number of hydrogen-bond acceptors (Lipinski definition) is 3. The van der Waals surface area contributed by atoms with Gasteiger partial charge in [-0.3, -0.25) is 4.79 Å². The molecular weight excluding hydrogens is 372 g/mol. The first-order chi connectivity index (χ1) is 10.1. The number of carbonyl (C=O) groups is 1. The summed E-state index contributed by atoms with van der Waals surface area (Å²) in [4.78, 5) is 13.6. The molecule has 0 spiro atoms. The maximum atomic E-state index is 12.4. The van der Waals surface area contributed by atoms with E-state index in [0.29, 0.717) is 25.6 Å². The molecule has 1 aromatic carbocycles. The van der Waals surface area contributed by atoms with Gasteiger partial charge in [-0.25, -0.2) is 0 Å². The van der Waals surface area contributed by atoms with Gasteiger partial charge in [0.05, 0.1) is 16.1 Å². The summed E-state index contributed by atoms with van der Waals surface area (Å²) in [6, 6.07) is 7.41. The average molecular weight is 382 g/mol. The van der Waals surface area contributed by atoms with Gasteiger partial charge in [0.1, 0.15) is 11.1 Å². The number of halogens is 2. The van der Waals surface area contributed by atoms with Crippen LogP contribution in [0, 0.1) is 11.3 Å². The minimum atomic E-state index is -0.294. The quantitative estimate of drug-likeness (QED) is 0.814. The highest BCUT2D eigenvalue weighted by atomic mass is 79.9. The minimum absolute atomic E-state index is 0.294. The van der Waals surface area contributed by atoms with Crippen LogP contribution in [-0.4, -0.2) is 5.91 Å². The fraction of sp³-hybridized carbons (Fsp3) is 0.200. The second-order valence-electron chi connectivity index (χ2n) is 4.73. The van der Waals surface area contributed by atoms with Crippen molar-refractivity contribution in [1.29, 1.82) is 5.26 Å². The average Bonchev–Trinajstić information content (AvgIpc) is 3.02. The zero-order valence-electron chi connectivity index (χ0n) is 10.9. The number of nitrogens with one attached hydrogen (secondary N) is 1. The Morgan fingerprint density at radius 2 is 2.24 bits per heavy atom. The molecule has 0 fully saturated rings. The van der Waals surface area contributed by atoms with Gasteiger partial charge < -0.3 is 5.32 Å². The Hall–Kier alpha value is -1.35. The lowest BCUT2D eigenvalue weighted by Crippen LogP contribution is -2.12. The molecule has 0 bridgehead atoms. The van der Waals surface area contributed by atoms with E-state index in [1.165, 1.54) is 16.2 Å². The van der Waals surface area contributed by atoms with E-state index in [9.17, 15) is 10.1 Å². The number of anilines is 1. The van der Waals surface area contributed by atoms with Gasteiger partial charge in [0.25, 0.3) is 5.91 Å². The van der Waals surface area contributed by atoms with E-state index in [-0.39, 0.29) is 5.91 Å². The lowest BCUT2D eigenvalue weighted by Gasteiger charge is -2.07. The van der Waals surface area contributed by atoms with E-state index in [1.54, 1.807) is 18.2 Å². The zero-order chi connectivity index (χ0) is 15.0. The van der Waals surface area contributed by atoms with Gasteiger partial charge in [-0.15, -0.1) is 11.3 Å². The Morgan fingerprint density at radius 1 is 1.43 bits per heavy atom. The van der Waals surface area contributed by atoms with Crippen LogP contribution in [0.2, 0.25) is 5.02 Å². The van der Waals surface area contributed by atoms with E-state index >= 15 is 0 Å². The van der Waals surface area contributed by atoms with E-state index in [4.69, 9.17) is 11.6 Å². The van der Waals surface area contributed by atoms with Crippen molar-refractivity contribution in [3.8, 4) is 6.07 Å². The molecule has 1 aliphatic carbocycles. The van der Waals surface area contributed by atoms with Gasteiger partial charge in [-0.2, -0.15) is 5.26 Å². The summed E-state index contributed by atoms with van der Waals surface area (Å²) in [7, 11) is 0. The van der Waals surface area contributed by atoms with E-state index in [2.05, 4.69) is 27.3 Å². The van der Waals surface area contributed by atoms with E-state index in [0.717, 1.165) is 24.8 Å². The van der Waals surface area contributed by atoms with Crippen LogP contribution in [-0.2, 0) is 12.8 Å². The SMILES string of the molecule is N#Cc1c(NC(=O)c2cccc(Br)c2Cl)sc2c1CCC2. The summed E-state index contributed by atoms with van der Waals surface area (Å²) in [5, 5.41) is 13.2. The second kappa shape index (κ2) is 5.80. The second-order valence-corrected chi connectivity index (χ2v) is 7.07. The van der Waals surface area contributed by atoms with Crippen LogP contribution in [0.15, 0.2) is 22.7 Å². The molecule has 3 nitrogen and oxygen atoms in total. The predicted octanol–water partition coefficient (Wildman–Crippen LogP) is 4.78. The lowest BCUT2D eigenvalue weighted by molar-refractivity contribution is 0.102. The molecule has 1 amide bonds. The highest BCUT2D eigenvalue weighted by Crippen LogP contribution is 2.39. The van der Waals surface area contributed by atoms with Crippen molar-refractivity contribution in [2.45, 2.75) is 19.3 Å². The summed E-state index contributed by atoms with van der Waals surface area (Å²) >= 11 is 10.9. The normalized spacial score (nSPS) is 12.8. The van der Waals surface area contributed by atoms with Gasteiger partial charge >= 0.3 is 0 Å². The van der Waals surface area contributed by atoms with Crippen LogP contribution in [0.5, 0.6) is 0 Å². The van der Waals surface area contributed by atoms with Crippen molar-refractivity contribution in [3.05, 3.63) is 49.3 Å². The summed E-state index contributed by atoms with van der Waals surface area (Å²) in [6.07, 6.45) is 2.99. The predicted molar refractivity (Wildman–Crippen MR) is 88.2 cm³/mol. The van der Waals surface area contributed by atoms with Gasteiger partial charge in [0.2, 0.25) is 0 Å². The van der Waals surface area contributed by atoms with Gasteiger partial charge in [0, 0.05) is 9.35 Å². The Labute approximate surface area is 139 Å². The Balaban J connectivity index is 1.93. The third kappa shape index (κ3) is 2.59. The molecule has 1 N–H and O–H groups in total. The lowest BCUT2D eigenvalue weighted by atomic mass is 10.1. The number of aryl methyl sites for hydroxylation is 1. The molecule has 1 heterocycles. The van der Waals surface area contributed by atoms with Gasteiger partial charge in [-0.1, -0.05) is 17.7 Å². The summed E-state index contributed by atoms with van der Waals surface area (Å²) in [6.45, 7) is 0. The fourth-order valence-corrected chi connectivity index (χ4v) is 4.27. The molecule has 0 radical (unpaired) electrons. The van der Waals surface area contributed by atoms with Crippen molar-refractivity contribution < 1.29 is 4.79 Å². The summed E-state index contributed by atoms with van der Waals surface area (Å²) in [5.74, 6) is -0.294. The smallest absolute Gasteiger partial charge is 0.257 e. The Bertz CT molecular complexity index is 779. The van der Waals surface area contributed by atoms with Crippen molar-refractivity contribution in [2.24, 2.45) is 0 Å². The number of benzene rings is 1. The molecule has 21 heavy (non-hydrogen) atoms. The van der Waals surface area contributed by atoms with Crippen molar-refractivity contribution in [1.82, 2.24) is 0 Å². The number of carbonyl (C=O) groups excluding carboxylic acids is 1. The monoisotopic (exact) mass is 380 g/mol. The van der Waals surface area contributed by atoms with Crippen LogP contribution >= 0.6 is 38.9 Å². The minimum Gasteiger partial charge on any atom is -0.312 e. The standard InChI is InChI=1S/C15H10BrClN2OS/c16-11-5-1-4-9(13(11)17)14(20)19-15-10(7-18)8-3-2-6-12(8)21-15/h1,4-5H,2-3,6H2,(H,19,20). The van der Waals surface area contributed by atoms with Crippen LogP contribution in [0.25, 0.3) is 0 Å². The van der Waals surface area contributed by atoms with Crippen molar-refractivity contribution in [3.63, 3.8) is 0 Å². The number of fused-ring (bicyclic) bond motifs is 1. The van der Waals surface area contributed by atoms with Gasteiger partial charge in [0.15, 0.2) is 0 Å². The number of hydrogen-bond donors (Lipinski definition) is 1. The molecule has 3 rings (SSSR count). The molecule has 6 heteroatoms. The fourth-order valence-electron chi connectivity index (χ4n) is 2.46. The molecule has 0 unspecified atom stereocenters. The highest BCUT2D eigenvalue weighted by Gasteiger charge is 2.24. The van der Waals surface area contributed by atoms with E-state index < -0.39 is 0 Å². The van der Waals surface area contributed by atoms with E-state index in [1.807, 2.05) is 0 Å². The molecule has 0 saturated carbocycles. The first-order valence-electron chi connectivity index (χ1n) is 6.42. The maximum absolute atomic E-state index is 12.4. The third-order valence-corrected chi connectivity index (χ3v) is 5.96. The maximum Gasteiger partial charge on any atom is 0.257 e. The molecule has 2 aromatic rings. The number of nitriles is 1. The largest absolute Gasteiger partial charge is 0.312 e. The molecule has 106 valence electrons. The summed E-state index contributed by atoms with van der Waals surface area (Å²) in [5.41, 5.74) is 2.09. The summed E-state index contributed by atoms with van der Waals surface area (Å²) < 4.78 is 0.672. The Kier molecular flexibility index (Phi) is 4.03. The van der Waals surface area contributed by atoms with Crippen LogP contribution < -0.4 is 5.32 Å².